The van der Waals surface area contributed by atoms with E-state index in [-0.39, 0.29) is 32.8 Å². The van der Waals surface area contributed by atoms with Crippen LogP contribution in [-0.2, 0) is 9.53 Å². The first kappa shape index (κ1) is 22.9. The molecule has 1 aromatic heterocycles. The van der Waals surface area contributed by atoms with E-state index in [1.54, 1.807) is 56.3 Å². The first-order chi connectivity index (χ1) is 14.6. The molecule has 0 saturated carbocycles. The number of carbonyl (C=O) groups is 2. The molecule has 10 heteroatoms. The number of carbonyl (C=O) groups excluding carboxylic acids is 2. The lowest BCUT2D eigenvalue weighted by Crippen LogP contribution is -2.42. The number of ether oxygens (including phenoxy) is 2. The molecule has 3 aromatic rings. The summed E-state index contributed by atoms with van der Waals surface area (Å²) in [6.45, 7) is 3.11. The van der Waals surface area contributed by atoms with E-state index in [4.69, 9.17) is 48.8 Å². The molecular weight excluding hydrogens is 467 g/mol. The van der Waals surface area contributed by atoms with E-state index in [0.717, 1.165) is 0 Å². The van der Waals surface area contributed by atoms with Gasteiger partial charge in [0.1, 0.15) is 11.4 Å². The standard InChI is InChI=1S/C21H17Cl3N2O5/c1-21(2,30-12-9-7-11(22)8-10-12)20(28)25-18-16(19(27)29-3)17(26-31-18)15-13(23)5-4-6-14(15)24/h4-10H,1-3H3,(H,25,28). The molecule has 0 unspecified atom stereocenters. The van der Waals surface area contributed by atoms with Crippen LogP contribution in [0.4, 0.5) is 5.88 Å². The lowest BCUT2D eigenvalue weighted by molar-refractivity contribution is -0.128. The number of methoxy groups -OCH3 is 1. The minimum Gasteiger partial charge on any atom is -0.478 e. The predicted molar refractivity (Wildman–Crippen MR) is 118 cm³/mol. The van der Waals surface area contributed by atoms with Gasteiger partial charge in [-0.25, -0.2) is 4.79 Å². The average Bonchev–Trinajstić information content (AvgIpc) is 3.12. The second-order valence-electron chi connectivity index (χ2n) is 6.84. The fourth-order valence-corrected chi connectivity index (χ4v) is 3.36. The van der Waals surface area contributed by atoms with E-state index in [2.05, 4.69) is 10.5 Å². The van der Waals surface area contributed by atoms with Crippen molar-refractivity contribution in [3.05, 3.63) is 63.1 Å². The summed E-state index contributed by atoms with van der Waals surface area (Å²) in [6.07, 6.45) is 0. The number of hydrogen-bond donors (Lipinski definition) is 1. The van der Waals surface area contributed by atoms with Gasteiger partial charge in [0.25, 0.3) is 5.91 Å². The maximum Gasteiger partial charge on any atom is 0.345 e. The topological polar surface area (TPSA) is 90.7 Å². The van der Waals surface area contributed by atoms with Crippen LogP contribution in [0, 0.1) is 0 Å². The Balaban J connectivity index is 1.94. The van der Waals surface area contributed by atoms with Crippen LogP contribution in [0.1, 0.15) is 24.2 Å². The minimum absolute atomic E-state index is 0.0363. The van der Waals surface area contributed by atoms with E-state index in [9.17, 15) is 9.59 Å². The highest BCUT2D eigenvalue weighted by atomic mass is 35.5. The molecule has 2 aromatic carbocycles. The maximum atomic E-state index is 12.9. The Hall–Kier alpha value is -2.74. The van der Waals surface area contributed by atoms with Crippen LogP contribution in [0.3, 0.4) is 0 Å². The summed E-state index contributed by atoms with van der Waals surface area (Å²) < 4.78 is 15.8. The highest BCUT2D eigenvalue weighted by Crippen LogP contribution is 2.38. The molecule has 0 bridgehead atoms. The Bertz CT molecular complexity index is 1110. The van der Waals surface area contributed by atoms with Crippen LogP contribution in [-0.4, -0.2) is 29.7 Å². The minimum atomic E-state index is -1.34. The molecule has 0 atom stereocenters. The summed E-state index contributed by atoms with van der Waals surface area (Å²) in [5.41, 5.74) is -1.16. The number of esters is 1. The van der Waals surface area contributed by atoms with Gasteiger partial charge < -0.3 is 14.0 Å². The van der Waals surface area contributed by atoms with E-state index < -0.39 is 17.5 Å². The Morgan fingerprint density at radius 1 is 1.03 bits per heavy atom. The summed E-state index contributed by atoms with van der Waals surface area (Å²) in [5.74, 6) is -1.19. The van der Waals surface area contributed by atoms with Crippen LogP contribution in [0.25, 0.3) is 11.3 Å². The highest BCUT2D eigenvalue weighted by molar-refractivity contribution is 6.39. The number of nitrogens with one attached hydrogen (secondary N) is 1. The molecule has 0 aliphatic carbocycles. The molecule has 1 N–H and O–H groups in total. The molecule has 1 amide bonds. The summed E-state index contributed by atoms with van der Waals surface area (Å²) >= 11 is 18.3. The zero-order valence-corrected chi connectivity index (χ0v) is 18.9. The number of nitrogens with zero attached hydrogens (tertiary/aromatic N) is 1. The van der Waals surface area contributed by atoms with Crippen molar-refractivity contribution in [2.24, 2.45) is 0 Å². The Kier molecular flexibility index (Phi) is 6.79. The Morgan fingerprint density at radius 2 is 1.65 bits per heavy atom. The molecule has 0 aliphatic rings. The van der Waals surface area contributed by atoms with Crippen LogP contribution >= 0.6 is 34.8 Å². The maximum absolute atomic E-state index is 12.9. The monoisotopic (exact) mass is 482 g/mol. The third-order valence-corrected chi connectivity index (χ3v) is 5.12. The van der Waals surface area contributed by atoms with Crippen molar-refractivity contribution in [3.63, 3.8) is 0 Å². The molecule has 0 radical (unpaired) electrons. The average molecular weight is 484 g/mol. The van der Waals surface area contributed by atoms with Crippen LogP contribution in [0.5, 0.6) is 5.75 Å². The lowest BCUT2D eigenvalue weighted by Gasteiger charge is -2.24. The largest absolute Gasteiger partial charge is 0.478 e. The summed E-state index contributed by atoms with van der Waals surface area (Å²) in [6, 6.07) is 11.3. The quantitative estimate of drug-likeness (QED) is 0.440. The second-order valence-corrected chi connectivity index (χ2v) is 8.09. The van der Waals surface area contributed by atoms with Crippen molar-refractivity contribution in [2.75, 3.05) is 12.4 Å². The normalized spacial score (nSPS) is 11.2. The molecule has 7 nitrogen and oxygen atoms in total. The SMILES string of the molecule is COC(=O)c1c(-c2c(Cl)cccc2Cl)noc1NC(=O)C(C)(C)Oc1ccc(Cl)cc1. The van der Waals surface area contributed by atoms with Gasteiger partial charge in [-0.1, -0.05) is 46.0 Å². The number of amides is 1. The summed E-state index contributed by atoms with van der Waals surface area (Å²) in [7, 11) is 1.19. The fourth-order valence-electron chi connectivity index (χ4n) is 2.66. The van der Waals surface area contributed by atoms with Gasteiger partial charge in [-0.2, -0.15) is 0 Å². The number of benzene rings is 2. The van der Waals surface area contributed by atoms with Crippen molar-refractivity contribution in [2.45, 2.75) is 19.4 Å². The molecule has 162 valence electrons. The van der Waals surface area contributed by atoms with E-state index in [1.165, 1.54) is 7.11 Å². The number of aromatic nitrogens is 1. The van der Waals surface area contributed by atoms with Gasteiger partial charge in [0.2, 0.25) is 5.88 Å². The summed E-state index contributed by atoms with van der Waals surface area (Å²) in [4.78, 5) is 25.4. The van der Waals surface area contributed by atoms with Gasteiger partial charge in [0.15, 0.2) is 11.2 Å². The van der Waals surface area contributed by atoms with Crippen molar-refractivity contribution in [1.29, 1.82) is 0 Å². The molecule has 0 saturated heterocycles. The predicted octanol–water partition coefficient (Wildman–Crippen LogP) is 5.88. The van der Waals surface area contributed by atoms with Gasteiger partial charge in [0.05, 0.1) is 17.2 Å². The van der Waals surface area contributed by atoms with E-state index >= 15 is 0 Å². The molecule has 31 heavy (non-hydrogen) atoms. The van der Waals surface area contributed by atoms with E-state index in [1.807, 2.05) is 0 Å². The van der Waals surface area contributed by atoms with Crippen molar-refractivity contribution < 1.29 is 23.6 Å². The van der Waals surface area contributed by atoms with Crippen molar-refractivity contribution >= 4 is 52.6 Å². The molecular formula is C21H17Cl3N2O5. The highest BCUT2D eigenvalue weighted by Gasteiger charge is 2.34. The number of hydrogen-bond acceptors (Lipinski definition) is 6. The Morgan fingerprint density at radius 3 is 2.23 bits per heavy atom. The summed E-state index contributed by atoms with van der Waals surface area (Å²) in [5, 5.41) is 7.43. The zero-order chi connectivity index (χ0) is 22.8. The molecule has 0 spiro atoms. The smallest absolute Gasteiger partial charge is 0.345 e. The van der Waals surface area contributed by atoms with Gasteiger partial charge in [-0.3, -0.25) is 10.1 Å². The van der Waals surface area contributed by atoms with Gasteiger partial charge >= 0.3 is 5.97 Å². The fraction of sp³-hybridized carbons (Fsp3) is 0.190. The van der Waals surface area contributed by atoms with Crippen LogP contribution < -0.4 is 10.1 Å². The van der Waals surface area contributed by atoms with Crippen LogP contribution in [0.2, 0.25) is 15.1 Å². The van der Waals surface area contributed by atoms with Crippen LogP contribution in [0.15, 0.2) is 47.0 Å². The van der Waals surface area contributed by atoms with Gasteiger partial charge in [-0.05, 0) is 50.2 Å². The molecule has 3 rings (SSSR count). The number of halogens is 3. The first-order valence-corrected chi connectivity index (χ1v) is 10.1. The van der Waals surface area contributed by atoms with Gasteiger partial charge in [-0.15, -0.1) is 0 Å². The van der Waals surface area contributed by atoms with E-state index in [0.29, 0.717) is 10.8 Å². The molecule has 0 fully saturated rings. The number of rotatable bonds is 6. The third kappa shape index (κ3) is 4.95. The second kappa shape index (κ2) is 9.18. The zero-order valence-electron chi connectivity index (χ0n) is 16.7. The van der Waals surface area contributed by atoms with Gasteiger partial charge in [0, 0.05) is 10.6 Å². The van der Waals surface area contributed by atoms with Crippen molar-refractivity contribution in [3.8, 4) is 17.0 Å². The molecule has 0 aliphatic heterocycles. The van der Waals surface area contributed by atoms with Crippen molar-refractivity contribution in [1.82, 2.24) is 5.16 Å². The molecule has 1 heterocycles. The Labute approximate surface area is 193 Å². The lowest BCUT2D eigenvalue weighted by atomic mass is 10.1. The third-order valence-electron chi connectivity index (χ3n) is 4.24. The number of anilines is 1. The first-order valence-electron chi connectivity index (χ1n) is 8.92.